The van der Waals surface area contributed by atoms with Gasteiger partial charge in [0.1, 0.15) is 12.1 Å². The lowest BCUT2D eigenvalue weighted by molar-refractivity contribution is 0.578. The minimum absolute atomic E-state index is 0.461. The topological polar surface area (TPSA) is 41.0 Å². The van der Waals surface area contributed by atoms with Crippen LogP contribution in [0, 0.1) is 5.95 Å². The highest BCUT2D eigenvalue weighted by Crippen LogP contribution is 2.23. The first-order valence-electron chi connectivity index (χ1n) is 6.91. The summed E-state index contributed by atoms with van der Waals surface area (Å²) in [5.41, 5.74) is 2.13. The molecule has 0 radical (unpaired) electrons. The predicted octanol–water partition coefficient (Wildman–Crippen LogP) is 3.35. The minimum Gasteiger partial charge on any atom is -0.372 e. The van der Waals surface area contributed by atoms with Gasteiger partial charge in [0, 0.05) is 30.5 Å². The molecule has 0 spiro atoms. The monoisotopic (exact) mass is 272 g/mol. The third kappa shape index (κ3) is 3.04. The molecule has 0 aliphatic carbocycles. The predicted molar refractivity (Wildman–Crippen MR) is 77.8 cm³/mol. The molecule has 3 rings (SSSR count). The van der Waals surface area contributed by atoms with Crippen LogP contribution in [0.5, 0.6) is 0 Å². The standard InChI is InChI=1S/C15H17FN4/c16-14-10-15(18-11-17-14)19-12-4-6-13(7-5-12)20-8-2-1-3-9-20/h4-7,10-11H,1-3,8-9H2,(H,17,18,19). The molecule has 1 aliphatic heterocycles. The van der Waals surface area contributed by atoms with Crippen molar-refractivity contribution in [3.05, 3.63) is 42.6 Å². The van der Waals surface area contributed by atoms with Gasteiger partial charge in [0.25, 0.3) is 0 Å². The van der Waals surface area contributed by atoms with E-state index in [2.05, 4.69) is 32.3 Å². The Bertz CT molecular complexity index is 564. The van der Waals surface area contributed by atoms with Crippen molar-refractivity contribution >= 4 is 17.2 Å². The number of benzene rings is 1. The van der Waals surface area contributed by atoms with E-state index < -0.39 is 5.95 Å². The molecule has 1 N–H and O–H groups in total. The highest BCUT2D eigenvalue weighted by atomic mass is 19.1. The van der Waals surface area contributed by atoms with Crippen molar-refractivity contribution in [1.82, 2.24) is 9.97 Å². The molecular formula is C15H17FN4. The molecule has 1 aromatic carbocycles. The number of nitrogens with one attached hydrogen (secondary N) is 1. The zero-order chi connectivity index (χ0) is 13.8. The van der Waals surface area contributed by atoms with Gasteiger partial charge in [0.15, 0.2) is 0 Å². The Morgan fingerprint density at radius 3 is 2.45 bits per heavy atom. The molecular weight excluding hydrogens is 255 g/mol. The third-order valence-electron chi connectivity index (χ3n) is 3.49. The molecule has 1 saturated heterocycles. The second kappa shape index (κ2) is 5.86. The molecule has 0 atom stereocenters. The van der Waals surface area contributed by atoms with Crippen LogP contribution in [0.3, 0.4) is 0 Å². The zero-order valence-electron chi connectivity index (χ0n) is 11.2. The first kappa shape index (κ1) is 12.8. The Kier molecular flexibility index (Phi) is 3.76. The van der Waals surface area contributed by atoms with Crippen molar-refractivity contribution < 1.29 is 4.39 Å². The van der Waals surface area contributed by atoms with Gasteiger partial charge in [-0.3, -0.25) is 0 Å². The Morgan fingerprint density at radius 1 is 1.00 bits per heavy atom. The van der Waals surface area contributed by atoms with E-state index in [1.807, 2.05) is 12.1 Å². The number of rotatable bonds is 3. The summed E-state index contributed by atoms with van der Waals surface area (Å²) in [6.07, 6.45) is 5.07. The van der Waals surface area contributed by atoms with Crippen molar-refractivity contribution in [2.24, 2.45) is 0 Å². The van der Waals surface area contributed by atoms with E-state index in [1.165, 1.54) is 37.3 Å². The zero-order valence-corrected chi connectivity index (χ0v) is 11.2. The number of hydrogen-bond donors (Lipinski definition) is 1. The fourth-order valence-electron chi connectivity index (χ4n) is 2.46. The van der Waals surface area contributed by atoms with Crippen LogP contribution in [0.4, 0.5) is 21.6 Å². The van der Waals surface area contributed by atoms with Gasteiger partial charge >= 0.3 is 0 Å². The Labute approximate surface area is 117 Å². The smallest absolute Gasteiger partial charge is 0.218 e. The van der Waals surface area contributed by atoms with E-state index >= 15 is 0 Å². The summed E-state index contributed by atoms with van der Waals surface area (Å²) in [6, 6.07) is 9.43. The molecule has 20 heavy (non-hydrogen) atoms. The van der Waals surface area contributed by atoms with Crippen molar-refractivity contribution in [2.45, 2.75) is 19.3 Å². The van der Waals surface area contributed by atoms with Crippen LogP contribution in [-0.2, 0) is 0 Å². The molecule has 1 fully saturated rings. The van der Waals surface area contributed by atoms with Crippen LogP contribution in [0.15, 0.2) is 36.7 Å². The van der Waals surface area contributed by atoms with Gasteiger partial charge in [-0.05, 0) is 43.5 Å². The minimum atomic E-state index is -0.535. The molecule has 5 heteroatoms. The quantitative estimate of drug-likeness (QED) is 0.870. The highest BCUT2D eigenvalue weighted by Gasteiger charge is 2.10. The van der Waals surface area contributed by atoms with Gasteiger partial charge in [0.05, 0.1) is 0 Å². The maximum atomic E-state index is 13.0. The van der Waals surface area contributed by atoms with Gasteiger partial charge < -0.3 is 10.2 Å². The first-order valence-corrected chi connectivity index (χ1v) is 6.91. The van der Waals surface area contributed by atoms with Crippen LogP contribution in [-0.4, -0.2) is 23.1 Å². The van der Waals surface area contributed by atoms with Crippen LogP contribution in [0.1, 0.15) is 19.3 Å². The Hall–Kier alpha value is -2.17. The lowest BCUT2D eigenvalue weighted by atomic mass is 10.1. The molecule has 0 amide bonds. The number of piperidine rings is 1. The summed E-state index contributed by atoms with van der Waals surface area (Å²) in [7, 11) is 0. The summed E-state index contributed by atoms with van der Waals surface area (Å²) in [6.45, 7) is 2.26. The molecule has 2 aromatic rings. The van der Waals surface area contributed by atoms with E-state index in [4.69, 9.17) is 0 Å². The normalized spacial score (nSPS) is 15.2. The number of anilines is 3. The Morgan fingerprint density at radius 2 is 1.75 bits per heavy atom. The molecule has 2 heterocycles. The van der Waals surface area contributed by atoms with Gasteiger partial charge in [-0.15, -0.1) is 0 Å². The number of aromatic nitrogens is 2. The fourth-order valence-corrected chi connectivity index (χ4v) is 2.46. The second-order valence-electron chi connectivity index (χ2n) is 4.95. The molecule has 0 bridgehead atoms. The average molecular weight is 272 g/mol. The van der Waals surface area contributed by atoms with Crippen LogP contribution < -0.4 is 10.2 Å². The lowest BCUT2D eigenvalue weighted by Crippen LogP contribution is -2.29. The summed E-state index contributed by atoms with van der Waals surface area (Å²) >= 11 is 0. The lowest BCUT2D eigenvalue weighted by Gasteiger charge is -2.28. The SMILES string of the molecule is Fc1cc(Nc2ccc(N3CCCCC3)cc2)ncn1. The van der Waals surface area contributed by atoms with Crippen molar-refractivity contribution in [1.29, 1.82) is 0 Å². The van der Waals surface area contributed by atoms with Gasteiger partial charge in [-0.25, -0.2) is 9.97 Å². The van der Waals surface area contributed by atoms with E-state index in [1.54, 1.807) is 0 Å². The molecule has 0 saturated carbocycles. The maximum absolute atomic E-state index is 13.0. The summed E-state index contributed by atoms with van der Waals surface area (Å²) in [5, 5.41) is 3.07. The maximum Gasteiger partial charge on any atom is 0.218 e. The second-order valence-corrected chi connectivity index (χ2v) is 4.95. The van der Waals surface area contributed by atoms with Crippen LogP contribution >= 0.6 is 0 Å². The average Bonchev–Trinajstić information content (AvgIpc) is 2.49. The highest BCUT2D eigenvalue weighted by molar-refractivity contribution is 5.60. The fraction of sp³-hybridized carbons (Fsp3) is 0.333. The molecule has 0 unspecified atom stereocenters. The molecule has 1 aromatic heterocycles. The third-order valence-corrected chi connectivity index (χ3v) is 3.49. The van der Waals surface area contributed by atoms with Gasteiger partial charge in [0.2, 0.25) is 5.95 Å². The van der Waals surface area contributed by atoms with Crippen LogP contribution in [0.2, 0.25) is 0 Å². The van der Waals surface area contributed by atoms with E-state index in [9.17, 15) is 4.39 Å². The number of hydrogen-bond acceptors (Lipinski definition) is 4. The van der Waals surface area contributed by atoms with Gasteiger partial charge in [-0.1, -0.05) is 0 Å². The number of halogens is 1. The molecule has 104 valence electrons. The Balaban J connectivity index is 1.69. The summed E-state index contributed by atoms with van der Waals surface area (Å²) in [4.78, 5) is 9.81. The summed E-state index contributed by atoms with van der Waals surface area (Å²) < 4.78 is 13.0. The van der Waals surface area contributed by atoms with E-state index in [0.717, 1.165) is 18.8 Å². The van der Waals surface area contributed by atoms with Crippen LogP contribution in [0.25, 0.3) is 0 Å². The molecule has 1 aliphatic rings. The summed E-state index contributed by atoms with van der Waals surface area (Å²) in [5.74, 6) is -0.0735. The van der Waals surface area contributed by atoms with E-state index in [-0.39, 0.29) is 0 Å². The van der Waals surface area contributed by atoms with Crippen molar-refractivity contribution in [3.63, 3.8) is 0 Å². The van der Waals surface area contributed by atoms with E-state index in [0.29, 0.717) is 5.82 Å². The number of nitrogens with zero attached hydrogens (tertiary/aromatic N) is 3. The van der Waals surface area contributed by atoms with Crippen molar-refractivity contribution in [2.75, 3.05) is 23.3 Å². The van der Waals surface area contributed by atoms with Gasteiger partial charge in [-0.2, -0.15) is 4.39 Å². The first-order chi connectivity index (χ1) is 9.81. The van der Waals surface area contributed by atoms with Crippen molar-refractivity contribution in [3.8, 4) is 0 Å². The largest absolute Gasteiger partial charge is 0.372 e. The molecule has 4 nitrogen and oxygen atoms in total.